The van der Waals surface area contributed by atoms with Crippen molar-refractivity contribution in [1.29, 1.82) is 0 Å². The molecule has 0 bridgehead atoms. The highest BCUT2D eigenvalue weighted by Crippen LogP contribution is 2.36. The molecular formula is C25H29N5O5S. The number of methoxy groups -OCH3 is 1. The van der Waals surface area contributed by atoms with E-state index in [9.17, 15) is 13.0 Å². The summed E-state index contributed by atoms with van der Waals surface area (Å²) in [7, 11) is -3.13. The first-order valence-electron chi connectivity index (χ1n) is 11.2. The van der Waals surface area contributed by atoms with Crippen molar-refractivity contribution in [1.82, 2.24) is 0 Å². The van der Waals surface area contributed by atoms with Gasteiger partial charge in [-0.3, -0.25) is 4.55 Å². The van der Waals surface area contributed by atoms with Crippen molar-refractivity contribution < 1.29 is 22.4 Å². The number of rotatable bonds is 9. The molecule has 0 aliphatic heterocycles. The summed E-state index contributed by atoms with van der Waals surface area (Å²) in [6.07, 6.45) is 0.848. The Kier molecular flexibility index (Phi) is 8.38. The van der Waals surface area contributed by atoms with Crippen LogP contribution in [0.25, 0.3) is 0 Å². The average molecular weight is 512 g/mol. The Balaban J connectivity index is 1.93. The van der Waals surface area contributed by atoms with Gasteiger partial charge in [-0.05, 0) is 74.2 Å². The highest BCUT2D eigenvalue weighted by Gasteiger charge is 2.17. The van der Waals surface area contributed by atoms with E-state index in [0.29, 0.717) is 35.1 Å². The first-order valence-corrected chi connectivity index (χ1v) is 12.6. The number of nitrogens with two attached hydrogens (primary N) is 1. The molecule has 0 radical (unpaired) electrons. The number of benzene rings is 3. The Morgan fingerprint density at radius 2 is 1.39 bits per heavy atom. The molecule has 0 aliphatic rings. The summed E-state index contributed by atoms with van der Waals surface area (Å²) in [6.45, 7) is 8.13. The van der Waals surface area contributed by atoms with Crippen molar-refractivity contribution in [2.75, 3.05) is 19.5 Å². The standard InChI is InChI=1S/C25H29N5O5S/c1-6-9-35-24-14-19(26)15(2)10-23(24)30-29-22-12-16(3)21(11-17(22)4)28-27-20-8-7-18(34-5)13-25(20)36(31,32)33/h7-8,10-14H,6,9,26H2,1-5H3,(H,31,32,33). The maximum atomic E-state index is 11.8. The first-order chi connectivity index (χ1) is 17.0. The van der Waals surface area contributed by atoms with Crippen LogP contribution in [0.4, 0.5) is 28.4 Å². The van der Waals surface area contributed by atoms with Gasteiger partial charge in [-0.2, -0.15) is 18.6 Å². The maximum Gasteiger partial charge on any atom is 0.296 e. The van der Waals surface area contributed by atoms with Crippen LogP contribution >= 0.6 is 0 Å². The van der Waals surface area contributed by atoms with Crippen LogP contribution in [0.3, 0.4) is 0 Å². The molecule has 190 valence electrons. The molecule has 0 fully saturated rings. The highest BCUT2D eigenvalue weighted by molar-refractivity contribution is 7.86. The van der Waals surface area contributed by atoms with E-state index in [1.54, 1.807) is 12.1 Å². The van der Waals surface area contributed by atoms with Crippen LogP contribution in [0.1, 0.15) is 30.0 Å². The van der Waals surface area contributed by atoms with E-state index in [0.717, 1.165) is 23.1 Å². The predicted octanol–water partition coefficient (Wildman–Crippen LogP) is 7.07. The number of aryl methyl sites for hydroxylation is 3. The predicted molar refractivity (Wildman–Crippen MR) is 138 cm³/mol. The van der Waals surface area contributed by atoms with Gasteiger partial charge in [0.1, 0.15) is 27.8 Å². The van der Waals surface area contributed by atoms with Crippen LogP contribution in [-0.4, -0.2) is 26.7 Å². The molecule has 0 atom stereocenters. The zero-order valence-electron chi connectivity index (χ0n) is 20.8. The number of hydrogen-bond donors (Lipinski definition) is 2. The SMILES string of the molecule is CCCOc1cc(N)c(C)cc1N=Nc1cc(C)c(N=Nc2ccc(OC)cc2S(=O)(=O)O)cc1C. The van der Waals surface area contributed by atoms with Gasteiger partial charge >= 0.3 is 0 Å². The molecule has 10 nitrogen and oxygen atoms in total. The number of azo groups is 2. The smallest absolute Gasteiger partial charge is 0.296 e. The summed E-state index contributed by atoms with van der Waals surface area (Å²) >= 11 is 0. The van der Waals surface area contributed by atoms with E-state index in [4.69, 9.17) is 15.2 Å². The Morgan fingerprint density at radius 3 is 1.94 bits per heavy atom. The van der Waals surface area contributed by atoms with Crippen molar-refractivity contribution in [3.63, 3.8) is 0 Å². The van der Waals surface area contributed by atoms with Crippen LogP contribution in [0, 0.1) is 20.8 Å². The minimum absolute atomic E-state index is 0.0163. The maximum absolute atomic E-state index is 11.8. The lowest BCUT2D eigenvalue weighted by Crippen LogP contribution is -1.99. The number of nitrogens with zero attached hydrogens (tertiary/aromatic N) is 4. The fourth-order valence-corrected chi connectivity index (χ4v) is 3.86. The molecule has 3 aromatic carbocycles. The summed E-state index contributed by atoms with van der Waals surface area (Å²) in [5.74, 6) is 0.834. The van der Waals surface area contributed by atoms with Crippen molar-refractivity contribution >= 4 is 38.6 Å². The van der Waals surface area contributed by atoms with Crippen molar-refractivity contribution in [3.05, 3.63) is 59.2 Å². The van der Waals surface area contributed by atoms with Gasteiger partial charge in [0.25, 0.3) is 10.1 Å². The Labute approximate surface area is 210 Å². The van der Waals surface area contributed by atoms with Crippen LogP contribution in [0.2, 0.25) is 0 Å². The summed E-state index contributed by atoms with van der Waals surface area (Å²) in [5, 5.41) is 17.0. The van der Waals surface area contributed by atoms with Crippen molar-refractivity contribution in [2.24, 2.45) is 20.5 Å². The van der Waals surface area contributed by atoms with Crippen LogP contribution < -0.4 is 15.2 Å². The van der Waals surface area contributed by atoms with Gasteiger partial charge in [0.05, 0.1) is 25.1 Å². The molecule has 0 saturated heterocycles. The molecule has 0 amide bonds. The third kappa shape index (κ3) is 6.43. The Bertz CT molecular complexity index is 1440. The highest BCUT2D eigenvalue weighted by atomic mass is 32.2. The van der Waals surface area contributed by atoms with E-state index in [1.165, 1.54) is 25.3 Å². The van der Waals surface area contributed by atoms with Gasteiger partial charge in [-0.15, -0.1) is 10.2 Å². The van der Waals surface area contributed by atoms with Gasteiger partial charge in [-0.25, -0.2) is 0 Å². The molecule has 0 heterocycles. The monoisotopic (exact) mass is 511 g/mol. The van der Waals surface area contributed by atoms with E-state index < -0.39 is 15.0 Å². The number of hydrogen-bond acceptors (Lipinski definition) is 9. The summed E-state index contributed by atoms with van der Waals surface area (Å²) < 4.78 is 43.9. The van der Waals surface area contributed by atoms with Gasteiger partial charge in [0.2, 0.25) is 0 Å². The van der Waals surface area contributed by atoms with E-state index >= 15 is 0 Å². The average Bonchev–Trinajstić information content (AvgIpc) is 2.83. The van der Waals surface area contributed by atoms with E-state index in [-0.39, 0.29) is 11.4 Å². The number of ether oxygens (including phenoxy) is 2. The summed E-state index contributed by atoms with van der Waals surface area (Å²) in [6, 6.07) is 11.3. The van der Waals surface area contributed by atoms with Crippen LogP contribution in [0.15, 0.2) is 67.8 Å². The Morgan fingerprint density at radius 1 is 0.833 bits per heavy atom. The molecule has 0 unspecified atom stereocenters. The fourth-order valence-electron chi connectivity index (χ4n) is 3.22. The van der Waals surface area contributed by atoms with E-state index in [2.05, 4.69) is 20.5 Å². The van der Waals surface area contributed by atoms with Crippen molar-refractivity contribution in [2.45, 2.75) is 39.0 Å². The van der Waals surface area contributed by atoms with Crippen LogP contribution in [0.5, 0.6) is 11.5 Å². The number of nitrogen functional groups attached to an aromatic ring is 1. The van der Waals surface area contributed by atoms with Gasteiger partial charge in [0.15, 0.2) is 0 Å². The molecule has 36 heavy (non-hydrogen) atoms. The first kappa shape index (κ1) is 26.8. The topological polar surface area (TPSA) is 148 Å². The van der Waals surface area contributed by atoms with Crippen molar-refractivity contribution in [3.8, 4) is 11.5 Å². The largest absolute Gasteiger partial charge is 0.497 e. The zero-order valence-corrected chi connectivity index (χ0v) is 21.6. The fraction of sp³-hybridized carbons (Fsp3) is 0.280. The molecule has 11 heteroatoms. The minimum Gasteiger partial charge on any atom is -0.497 e. The molecule has 3 rings (SSSR count). The van der Waals surface area contributed by atoms with Gasteiger partial charge < -0.3 is 15.2 Å². The molecule has 0 spiro atoms. The second kappa shape index (κ2) is 11.3. The van der Waals surface area contributed by atoms with E-state index in [1.807, 2.05) is 39.8 Å². The second-order valence-corrected chi connectivity index (χ2v) is 9.55. The molecule has 0 saturated carbocycles. The number of anilines is 1. The summed E-state index contributed by atoms with van der Waals surface area (Å²) in [5.41, 5.74) is 10.8. The minimum atomic E-state index is -4.52. The van der Waals surface area contributed by atoms with Gasteiger partial charge in [-0.1, -0.05) is 6.92 Å². The molecule has 3 N–H and O–H groups in total. The molecular weight excluding hydrogens is 482 g/mol. The summed E-state index contributed by atoms with van der Waals surface area (Å²) in [4.78, 5) is -0.398. The van der Waals surface area contributed by atoms with Crippen LogP contribution in [-0.2, 0) is 10.1 Å². The van der Waals surface area contributed by atoms with Gasteiger partial charge in [0, 0.05) is 17.8 Å². The molecule has 0 aliphatic carbocycles. The third-order valence-corrected chi connectivity index (χ3v) is 6.18. The normalized spacial score (nSPS) is 11.9. The lowest BCUT2D eigenvalue weighted by Gasteiger charge is -2.10. The quantitative estimate of drug-likeness (QED) is 0.178. The lowest BCUT2D eigenvalue weighted by molar-refractivity contribution is 0.318. The second-order valence-electron chi connectivity index (χ2n) is 8.16. The molecule has 3 aromatic rings. The lowest BCUT2D eigenvalue weighted by atomic mass is 10.1. The zero-order chi connectivity index (χ0) is 26.5. The molecule has 0 aromatic heterocycles. The Hall–Kier alpha value is -3.83. The third-order valence-electron chi connectivity index (χ3n) is 5.30.